The second-order valence-corrected chi connectivity index (χ2v) is 5.21. The highest BCUT2D eigenvalue weighted by molar-refractivity contribution is 5.97. The van der Waals surface area contributed by atoms with Crippen LogP contribution >= 0.6 is 0 Å². The highest BCUT2D eigenvalue weighted by Crippen LogP contribution is 2.24. The van der Waals surface area contributed by atoms with E-state index in [-0.39, 0.29) is 12.5 Å². The summed E-state index contributed by atoms with van der Waals surface area (Å²) in [5, 5.41) is 3.01. The topological polar surface area (TPSA) is 84.7 Å². The molecule has 6 heteroatoms. The van der Waals surface area contributed by atoms with E-state index < -0.39 is 6.09 Å². The Balaban J connectivity index is 2.18. The first-order chi connectivity index (χ1) is 10.0. The summed E-state index contributed by atoms with van der Waals surface area (Å²) in [5.74, 6) is 0.562. The van der Waals surface area contributed by atoms with Gasteiger partial charge in [0.1, 0.15) is 6.61 Å². The number of ether oxygens (including phenoxy) is 1. The highest BCUT2D eigenvalue weighted by Gasteiger charge is 2.31. The molecule has 1 aromatic carbocycles. The van der Waals surface area contributed by atoms with Gasteiger partial charge in [0.05, 0.1) is 0 Å². The molecule has 3 N–H and O–H groups in total. The zero-order chi connectivity index (χ0) is 15.4. The summed E-state index contributed by atoms with van der Waals surface area (Å²) in [6, 6.07) is 5.39. The van der Waals surface area contributed by atoms with Crippen molar-refractivity contribution >= 4 is 17.7 Å². The lowest BCUT2D eigenvalue weighted by Crippen LogP contribution is -2.49. The molecule has 114 valence electrons. The van der Waals surface area contributed by atoms with Crippen LogP contribution in [0, 0.1) is 5.92 Å². The third kappa shape index (κ3) is 3.45. The number of anilines is 1. The van der Waals surface area contributed by atoms with E-state index in [9.17, 15) is 9.59 Å². The lowest BCUT2D eigenvalue weighted by molar-refractivity contribution is 0.0490. The maximum absolute atomic E-state index is 12.5. The second kappa shape index (κ2) is 6.47. The van der Waals surface area contributed by atoms with Gasteiger partial charge in [-0.05, 0) is 24.5 Å². The fraction of sp³-hybridized carbons (Fsp3) is 0.467. The Hall–Kier alpha value is -2.24. The molecule has 2 amide bonds. The van der Waals surface area contributed by atoms with Gasteiger partial charge in [-0.3, -0.25) is 4.79 Å². The van der Waals surface area contributed by atoms with Crippen molar-refractivity contribution in [3.05, 3.63) is 29.3 Å². The molecule has 1 aliphatic rings. The summed E-state index contributed by atoms with van der Waals surface area (Å²) < 4.78 is 4.81. The zero-order valence-corrected chi connectivity index (χ0v) is 12.4. The first-order valence-electron chi connectivity index (χ1n) is 7.07. The average molecular weight is 291 g/mol. The van der Waals surface area contributed by atoms with Crippen molar-refractivity contribution in [1.82, 2.24) is 4.90 Å². The molecule has 0 spiro atoms. The molecule has 0 unspecified atom stereocenters. The minimum atomic E-state index is -0.846. The number of nitrogens with zero attached hydrogens (tertiary/aromatic N) is 1. The van der Waals surface area contributed by atoms with Crippen LogP contribution in [0.1, 0.15) is 29.3 Å². The second-order valence-electron chi connectivity index (χ2n) is 5.21. The molecule has 0 atom stereocenters. The van der Waals surface area contributed by atoms with E-state index in [1.807, 2.05) is 11.0 Å². The van der Waals surface area contributed by atoms with Gasteiger partial charge < -0.3 is 20.7 Å². The van der Waals surface area contributed by atoms with E-state index in [1.165, 1.54) is 0 Å². The number of rotatable bonds is 5. The highest BCUT2D eigenvalue weighted by atomic mass is 16.5. The average Bonchev–Trinajstić information content (AvgIpc) is 2.43. The van der Waals surface area contributed by atoms with Gasteiger partial charge in [0.2, 0.25) is 0 Å². The van der Waals surface area contributed by atoms with Crippen LogP contribution in [0.4, 0.5) is 10.5 Å². The van der Waals surface area contributed by atoms with E-state index in [2.05, 4.69) is 12.2 Å². The summed E-state index contributed by atoms with van der Waals surface area (Å²) in [6.07, 6.45) is 0.235. The molecule has 21 heavy (non-hydrogen) atoms. The van der Waals surface area contributed by atoms with E-state index in [1.54, 1.807) is 19.2 Å². The molecular weight excluding hydrogens is 270 g/mol. The number of hydrogen-bond donors (Lipinski definition) is 2. The number of nitrogens with one attached hydrogen (secondary N) is 1. The quantitative estimate of drug-likeness (QED) is 0.866. The van der Waals surface area contributed by atoms with Gasteiger partial charge >= 0.3 is 6.09 Å². The number of nitrogens with two attached hydrogens (primary N) is 1. The predicted molar refractivity (Wildman–Crippen MR) is 80.0 cm³/mol. The fourth-order valence-corrected chi connectivity index (χ4v) is 2.37. The van der Waals surface area contributed by atoms with Crippen molar-refractivity contribution in [2.24, 2.45) is 11.7 Å². The van der Waals surface area contributed by atoms with E-state index in [0.717, 1.165) is 25.2 Å². The van der Waals surface area contributed by atoms with Crippen molar-refractivity contribution < 1.29 is 14.3 Å². The van der Waals surface area contributed by atoms with Crippen molar-refractivity contribution in [3.63, 3.8) is 0 Å². The summed E-state index contributed by atoms with van der Waals surface area (Å²) in [5.41, 5.74) is 7.05. The van der Waals surface area contributed by atoms with Crippen LogP contribution in [-0.4, -0.2) is 37.0 Å². The van der Waals surface area contributed by atoms with E-state index in [0.29, 0.717) is 17.0 Å². The first kappa shape index (κ1) is 15.2. The molecule has 0 radical (unpaired) electrons. The van der Waals surface area contributed by atoms with Crippen molar-refractivity contribution in [2.75, 3.05) is 25.5 Å². The van der Waals surface area contributed by atoms with E-state index in [4.69, 9.17) is 10.5 Å². The number of likely N-dealkylation sites (tertiary alicyclic amines) is 1. The largest absolute Gasteiger partial charge is 0.445 e. The van der Waals surface area contributed by atoms with Crippen LogP contribution in [0.2, 0.25) is 0 Å². The molecule has 2 rings (SSSR count). The molecule has 6 nitrogen and oxygen atoms in total. The standard InChI is InChI=1S/C15H21N3O3/c1-3-10-7-18(8-10)14(19)13-6-12(17-2)5-4-11(13)9-21-15(16)20/h4-6,10,17H,3,7-9H2,1-2H3,(H2,16,20). The third-order valence-electron chi connectivity index (χ3n) is 3.82. The Kier molecular flexibility index (Phi) is 4.67. The van der Waals surface area contributed by atoms with Gasteiger partial charge in [0, 0.05) is 37.0 Å². The van der Waals surface area contributed by atoms with Gasteiger partial charge in [-0.1, -0.05) is 13.0 Å². The van der Waals surface area contributed by atoms with Crippen LogP contribution < -0.4 is 11.1 Å². The van der Waals surface area contributed by atoms with Crippen LogP contribution in [0.25, 0.3) is 0 Å². The van der Waals surface area contributed by atoms with Gasteiger partial charge in [-0.25, -0.2) is 4.79 Å². The minimum Gasteiger partial charge on any atom is -0.445 e. The fourth-order valence-electron chi connectivity index (χ4n) is 2.37. The maximum Gasteiger partial charge on any atom is 0.404 e. The predicted octanol–water partition coefficient (Wildman–Crippen LogP) is 1.81. The van der Waals surface area contributed by atoms with Crippen molar-refractivity contribution in [3.8, 4) is 0 Å². The molecule has 1 aromatic rings. The Morgan fingerprint density at radius 3 is 2.71 bits per heavy atom. The van der Waals surface area contributed by atoms with Crippen molar-refractivity contribution in [2.45, 2.75) is 20.0 Å². The first-order valence-corrected chi connectivity index (χ1v) is 7.07. The number of carbonyl (C=O) groups excluding carboxylic acids is 2. The number of carbonyl (C=O) groups is 2. The van der Waals surface area contributed by atoms with Gasteiger partial charge in [-0.15, -0.1) is 0 Å². The molecular formula is C15H21N3O3. The van der Waals surface area contributed by atoms with Gasteiger partial charge in [0.15, 0.2) is 0 Å². The zero-order valence-electron chi connectivity index (χ0n) is 12.4. The van der Waals surface area contributed by atoms with Crippen molar-refractivity contribution in [1.29, 1.82) is 0 Å². The Labute approximate surface area is 124 Å². The van der Waals surface area contributed by atoms with E-state index >= 15 is 0 Å². The molecule has 1 fully saturated rings. The van der Waals surface area contributed by atoms with Gasteiger partial charge in [-0.2, -0.15) is 0 Å². The SMILES string of the molecule is CCC1CN(C(=O)c2cc(NC)ccc2COC(N)=O)C1. The normalized spacial score (nSPS) is 14.5. The Bertz CT molecular complexity index is 539. The molecule has 0 saturated carbocycles. The maximum atomic E-state index is 12.5. The van der Waals surface area contributed by atoms with Crippen LogP contribution in [0.15, 0.2) is 18.2 Å². The number of hydrogen-bond acceptors (Lipinski definition) is 4. The number of primary amides is 1. The molecule has 1 saturated heterocycles. The minimum absolute atomic E-state index is 0.00540. The van der Waals surface area contributed by atoms with Crippen LogP contribution in [-0.2, 0) is 11.3 Å². The smallest absolute Gasteiger partial charge is 0.404 e. The Morgan fingerprint density at radius 1 is 1.43 bits per heavy atom. The van der Waals surface area contributed by atoms with Crippen LogP contribution in [0.3, 0.4) is 0 Å². The molecule has 1 heterocycles. The molecule has 1 aliphatic heterocycles. The number of amides is 2. The van der Waals surface area contributed by atoms with Gasteiger partial charge in [0.25, 0.3) is 5.91 Å². The Morgan fingerprint density at radius 2 is 2.14 bits per heavy atom. The monoisotopic (exact) mass is 291 g/mol. The van der Waals surface area contributed by atoms with Crippen LogP contribution in [0.5, 0.6) is 0 Å². The lowest BCUT2D eigenvalue weighted by atomic mass is 9.95. The number of benzene rings is 1. The molecule has 0 aliphatic carbocycles. The molecule has 0 bridgehead atoms. The molecule has 0 aromatic heterocycles. The summed E-state index contributed by atoms with van der Waals surface area (Å²) in [4.78, 5) is 25.1. The summed E-state index contributed by atoms with van der Waals surface area (Å²) in [7, 11) is 1.79. The lowest BCUT2D eigenvalue weighted by Gasteiger charge is -2.39. The summed E-state index contributed by atoms with van der Waals surface area (Å²) in [6.45, 7) is 3.70. The summed E-state index contributed by atoms with van der Waals surface area (Å²) >= 11 is 0. The third-order valence-corrected chi connectivity index (χ3v) is 3.82.